The van der Waals surface area contributed by atoms with Gasteiger partial charge in [0.05, 0.1) is 5.09 Å². The van der Waals surface area contributed by atoms with Crippen LogP contribution in [0, 0.1) is 56.6 Å². The first-order valence-corrected chi connectivity index (χ1v) is 0.548. The molecule has 0 amide bonds. The fourth-order valence-corrected chi connectivity index (χ4v) is 0. The summed E-state index contributed by atoms with van der Waals surface area (Å²) >= 11 is 0. The molecule has 0 N–H and O–H groups in total. The molecule has 0 rings (SSSR count). The molecule has 0 aromatic rings. The van der Waals surface area contributed by atoms with Gasteiger partial charge in [-0.2, -0.15) is 0 Å². The molecule has 36 valence electrons. The predicted octanol–water partition coefficient (Wildman–Crippen LogP) is -0.242. The molecule has 0 fully saturated rings. The quantitative estimate of drug-likeness (QED) is 0.447. The van der Waals surface area contributed by atoms with Crippen molar-refractivity contribution in [3.63, 3.8) is 0 Å². The minimum atomic E-state index is -1.75. The van der Waals surface area contributed by atoms with E-state index in [1.807, 2.05) is 0 Å². The van der Waals surface area contributed by atoms with Crippen LogP contribution in [0.4, 0.5) is 0 Å². The van der Waals surface area contributed by atoms with E-state index in [4.69, 9.17) is 15.3 Å². The number of rotatable bonds is 0. The van der Waals surface area contributed by atoms with Gasteiger partial charge < -0.3 is 15.3 Å². The summed E-state index contributed by atoms with van der Waals surface area (Å²) in [5, 5.41) is 14.8. The summed E-state index contributed by atoms with van der Waals surface area (Å²) in [5.41, 5.74) is 0. The van der Waals surface area contributed by atoms with E-state index in [1.54, 1.807) is 0 Å². The van der Waals surface area contributed by atoms with Crippen molar-refractivity contribution in [1.29, 1.82) is 0 Å². The van der Waals surface area contributed by atoms with Crippen molar-refractivity contribution >= 4 is 0 Å². The Bertz CT molecular complexity index is 33.8. The van der Waals surface area contributed by atoms with Gasteiger partial charge in [0.25, 0.3) is 0 Å². The van der Waals surface area contributed by atoms with E-state index in [0.29, 0.717) is 0 Å². The van der Waals surface area contributed by atoms with Gasteiger partial charge in [-0.25, -0.2) is 0 Å². The van der Waals surface area contributed by atoms with Crippen LogP contribution in [-0.2, 0) is 16.8 Å². The molecular formula is CoNO3Pr-. The Morgan fingerprint density at radius 2 is 1.33 bits per heavy atom. The van der Waals surface area contributed by atoms with Gasteiger partial charge in [-0.3, -0.25) is 0 Å². The van der Waals surface area contributed by atoms with Gasteiger partial charge in [0, 0.05) is 58.1 Å². The Morgan fingerprint density at radius 1 is 1.33 bits per heavy atom. The standard InChI is InChI=1S/Co.NO3.Pr/c;2-1(3)4;/q;-1;. The van der Waals surface area contributed by atoms with Gasteiger partial charge in [0.1, 0.15) is 0 Å². The van der Waals surface area contributed by atoms with Gasteiger partial charge >= 0.3 is 0 Å². The summed E-state index contributed by atoms with van der Waals surface area (Å²) in [6.07, 6.45) is 0. The maximum atomic E-state index is 8.25. The third kappa shape index (κ3) is 73.3. The third-order valence-electron chi connectivity index (χ3n) is 0. The van der Waals surface area contributed by atoms with E-state index in [-0.39, 0.29) is 58.1 Å². The molecule has 0 aromatic heterocycles. The van der Waals surface area contributed by atoms with Crippen molar-refractivity contribution in [1.82, 2.24) is 0 Å². The van der Waals surface area contributed by atoms with Crippen LogP contribution >= 0.6 is 0 Å². The minimum absolute atomic E-state index is 0. The molecule has 6 heteroatoms. The topological polar surface area (TPSA) is 66.2 Å². The Balaban J connectivity index is -0.0000000450. The second-order valence-corrected chi connectivity index (χ2v) is 0.224. The SMILES string of the molecule is O=[N+]([O-])[O-].[Co].[Pr]. The van der Waals surface area contributed by atoms with Crippen molar-refractivity contribution in [2.24, 2.45) is 0 Å². The van der Waals surface area contributed by atoms with E-state index in [2.05, 4.69) is 0 Å². The zero-order chi connectivity index (χ0) is 3.58. The monoisotopic (exact) mass is 262 g/mol. The number of hydrogen-bond acceptors (Lipinski definition) is 3. The smallest absolute Gasteiger partial charge is 0.0689 e. The van der Waals surface area contributed by atoms with Gasteiger partial charge in [-0.05, 0) is 0 Å². The molecule has 0 saturated heterocycles. The van der Waals surface area contributed by atoms with Gasteiger partial charge in [-0.15, -0.1) is 0 Å². The Morgan fingerprint density at radius 3 is 1.33 bits per heavy atom. The van der Waals surface area contributed by atoms with E-state index in [1.165, 1.54) is 0 Å². The summed E-state index contributed by atoms with van der Waals surface area (Å²) in [6.45, 7) is 0. The van der Waals surface area contributed by atoms with Crippen molar-refractivity contribution < 1.29 is 63.2 Å². The fraction of sp³-hybridized carbons (Fsp3) is 0. The van der Waals surface area contributed by atoms with Crippen LogP contribution in [0.3, 0.4) is 0 Å². The van der Waals surface area contributed by atoms with Crippen LogP contribution in [0.15, 0.2) is 0 Å². The van der Waals surface area contributed by atoms with Gasteiger partial charge in [-0.1, -0.05) is 0 Å². The molecule has 4 nitrogen and oxygen atoms in total. The molecule has 0 atom stereocenters. The maximum absolute atomic E-state index is 8.25. The van der Waals surface area contributed by atoms with Crippen molar-refractivity contribution in [2.75, 3.05) is 0 Å². The molecule has 6 heavy (non-hydrogen) atoms. The molecule has 0 aliphatic carbocycles. The van der Waals surface area contributed by atoms with E-state index in [9.17, 15) is 0 Å². The first-order valence-electron chi connectivity index (χ1n) is 0.548. The summed E-state index contributed by atoms with van der Waals surface area (Å²) in [6, 6.07) is 0. The molecule has 0 aliphatic rings. The minimum Gasteiger partial charge on any atom is -0.356 e. The predicted molar refractivity (Wildman–Crippen MR) is 10.4 cm³/mol. The van der Waals surface area contributed by atoms with E-state index >= 15 is 0 Å². The van der Waals surface area contributed by atoms with Crippen molar-refractivity contribution in [3.8, 4) is 0 Å². The second kappa shape index (κ2) is 9.42. The molecule has 0 saturated carbocycles. The van der Waals surface area contributed by atoms with Gasteiger partial charge in [0.15, 0.2) is 0 Å². The average molecular weight is 262 g/mol. The molecule has 0 unspecified atom stereocenters. The van der Waals surface area contributed by atoms with Crippen LogP contribution in [0.1, 0.15) is 0 Å². The molecule has 0 aliphatic heterocycles. The third-order valence-corrected chi connectivity index (χ3v) is 0. The van der Waals surface area contributed by atoms with Crippen LogP contribution < -0.4 is 0 Å². The fourth-order valence-electron chi connectivity index (χ4n) is 0. The molecule has 0 spiro atoms. The van der Waals surface area contributed by atoms with Gasteiger partial charge in [0.2, 0.25) is 0 Å². The van der Waals surface area contributed by atoms with Crippen molar-refractivity contribution in [2.45, 2.75) is 0 Å². The first kappa shape index (κ1) is 15.7. The van der Waals surface area contributed by atoms with E-state index < -0.39 is 5.09 Å². The van der Waals surface area contributed by atoms with E-state index in [0.717, 1.165) is 0 Å². The maximum Gasteiger partial charge on any atom is 0.0689 e. The molecule has 0 aromatic carbocycles. The summed E-state index contributed by atoms with van der Waals surface area (Å²) in [4.78, 5) is 8.25. The zero-order valence-electron chi connectivity index (χ0n) is 2.58. The Kier molecular flexibility index (Phi) is 24.7. The van der Waals surface area contributed by atoms with Crippen LogP contribution in [0.25, 0.3) is 0 Å². The Labute approximate surface area is 77.6 Å². The number of nitrogens with zero attached hydrogens (tertiary/aromatic N) is 1. The Hall–Kier alpha value is 1.07. The first-order chi connectivity index (χ1) is 1.73. The van der Waals surface area contributed by atoms with Crippen molar-refractivity contribution in [3.05, 3.63) is 15.3 Å². The van der Waals surface area contributed by atoms with Crippen LogP contribution in [0.2, 0.25) is 0 Å². The summed E-state index contributed by atoms with van der Waals surface area (Å²) < 4.78 is 0. The summed E-state index contributed by atoms with van der Waals surface area (Å²) in [7, 11) is 0. The van der Waals surface area contributed by atoms with Crippen LogP contribution in [0.5, 0.6) is 0 Å². The number of hydrogen-bond donors (Lipinski definition) is 0. The van der Waals surface area contributed by atoms with Crippen LogP contribution in [-0.4, -0.2) is 5.09 Å². The normalized spacial score (nSPS) is 4.00. The summed E-state index contributed by atoms with van der Waals surface area (Å²) in [5.74, 6) is 0. The molecule has 0 heterocycles. The molecule has 0 bridgehead atoms. The second-order valence-electron chi connectivity index (χ2n) is 0.224. The molecule has 2 radical (unpaired) electrons. The molecular weight excluding hydrogens is 262 g/mol. The zero-order valence-corrected chi connectivity index (χ0v) is 7.33. The average Bonchev–Trinajstić information content (AvgIpc) is 0.811. The largest absolute Gasteiger partial charge is 0.356 e.